The first kappa shape index (κ1) is 13.3. The van der Waals surface area contributed by atoms with E-state index in [-0.39, 0.29) is 0 Å². The number of hydrogen-bond acceptors (Lipinski definition) is 3. The molecule has 3 heteroatoms. The SMILES string of the molecule is CC(C)N1CCC(CN2CCC[C@@H](N)C2)CC1. The lowest BCUT2D eigenvalue weighted by Crippen LogP contribution is -2.47. The Morgan fingerprint density at radius 3 is 2.41 bits per heavy atom. The summed E-state index contributed by atoms with van der Waals surface area (Å²) in [6, 6.07) is 1.15. The molecule has 1 atom stereocenters. The lowest BCUT2D eigenvalue weighted by atomic mass is 9.94. The lowest BCUT2D eigenvalue weighted by Gasteiger charge is -2.38. The van der Waals surface area contributed by atoms with E-state index in [1.165, 1.54) is 51.9 Å². The van der Waals surface area contributed by atoms with Gasteiger partial charge in [0.1, 0.15) is 0 Å². The van der Waals surface area contributed by atoms with Gasteiger partial charge in [-0.15, -0.1) is 0 Å². The van der Waals surface area contributed by atoms with Crippen molar-refractivity contribution in [2.24, 2.45) is 11.7 Å². The minimum Gasteiger partial charge on any atom is -0.327 e. The van der Waals surface area contributed by atoms with Crippen molar-refractivity contribution >= 4 is 0 Å². The van der Waals surface area contributed by atoms with Crippen LogP contribution in [0.25, 0.3) is 0 Å². The Morgan fingerprint density at radius 1 is 1.12 bits per heavy atom. The number of nitrogens with two attached hydrogens (primary N) is 1. The highest BCUT2D eigenvalue weighted by atomic mass is 15.2. The van der Waals surface area contributed by atoms with Crippen LogP contribution in [0.3, 0.4) is 0 Å². The van der Waals surface area contributed by atoms with Crippen LogP contribution in [0.2, 0.25) is 0 Å². The van der Waals surface area contributed by atoms with Gasteiger partial charge in [0, 0.05) is 25.2 Å². The third-order valence-electron chi connectivity index (χ3n) is 4.44. The van der Waals surface area contributed by atoms with Crippen molar-refractivity contribution in [1.82, 2.24) is 9.80 Å². The van der Waals surface area contributed by atoms with Gasteiger partial charge in [-0.2, -0.15) is 0 Å². The van der Waals surface area contributed by atoms with E-state index in [0.29, 0.717) is 6.04 Å². The fourth-order valence-electron chi connectivity index (χ4n) is 3.27. The molecule has 2 N–H and O–H groups in total. The van der Waals surface area contributed by atoms with Crippen molar-refractivity contribution in [3.63, 3.8) is 0 Å². The Kier molecular flexibility index (Phi) is 4.83. The standard InChI is InChI=1S/C14H29N3/c1-12(2)17-8-5-13(6-9-17)10-16-7-3-4-14(15)11-16/h12-14H,3-11,15H2,1-2H3/t14-/m1/s1. The summed E-state index contributed by atoms with van der Waals surface area (Å²) in [5.74, 6) is 0.912. The molecule has 0 aromatic carbocycles. The summed E-state index contributed by atoms with van der Waals surface area (Å²) >= 11 is 0. The molecule has 0 unspecified atom stereocenters. The average molecular weight is 239 g/mol. The first-order valence-electron chi connectivity index (χ1n) is 7.37. The number of likely N-dealkylation sites (tertiary alicyclic amines) is 2. The third-order valence-corrected chi connectivity index (χ3v) is 4.44. The van der Waals surface area contributed by atoms with Crippen LogP contribution in [0.4, 0.5) is 0 Å². The van der Waals surface area contributed by atoms with E-state index in [0.717, 1.165) is 18.5 Å². The summed E-state index contributed by atoms with van der Waals surface area (Å²) in [6.45, 7) is 10.9. The van der Waals surface area contributed by atoms with Crippen LogP contribution in [0.5, 0.6) is 0 Å². The molecule has 0 spiro atoms. The fraction of sp³-hybridized carbons (Fsp3) is 1.00. The molecule has 0 saturated carbocycles. The topological polar surface area (TPSA) is 32.5 Å². The molecule has 0 bridgehead atoms. The number of nitrogens with zero attached hydrogens (tertiary/aromatic N) is 2. The quantitative estimate of drug-likeness (QED) is 0.811. The van der Waals surface area contributed by atoms with Crippen molar-refractivity contribution in [2.45, 2.75) is 51.6 Å². The van der Waals surface area contributed by atoms with Crippen molar-refractivity contribution < 1.29 is 0 Å². The molecule has 100 valence electrons. The van der Waals surface area contributed by atoms with E-state index in [1.807, 2.05) is 0 Å². The summed E-state index contributed by atoms with van der Waals surface area (Å²) in [7, 11) is 0. The van der Waals surface area contributed by atoms with Gasteiger partial charge in [-0.25, -0.2) is 0 Å². The van der Waals surface area contributed by atoms with Crippen LogP contribution in [-0.2, 0) is 0 Å². The summed E-state index contributed by atoms with van der Waals surface area (Å²) in [5.41, 5.74) is 6.04. The maximum Gasteiger partial charge on any atom is 0.0168 e. The molecule has 17 heavy (non-hydrogen) atoms. The predicted molar refractivity (Wildman–Crippen MR) is 73.1 cm³/mol. The number of rotatable bonds is 3. The second-order valence-corrected chi connectivity index (χ2v) is 6.23. The molecule has 0 aromatic heterocycles. The highest BCUT2D eigenvalue weighted by Gasteiger charge is 2.24. The van der Waals surface area contributed by atoms with E-state index in [2.05, 4.69) is 23.6 Å². The van der Waals surface area contributed by atoms with Gasteiger partial charge in [-0.3, -0.25) is 0 Å². The van der Waals surface area contributed by atoms with Crippen LogP contribution in [0.1, 0.15) is 39.5 Å². The highest BCUT2D eigenvalue weighted by Crippen LogP contribution is 2.21. The monoisotopic (exact) mass is 239 g/mol. The average Bonchev–Trinajstić information content (AvgIpc) is 2.29. The largest absolute Gasteiger partial charge is 0.327 e. The summed E-state index contributed by atoms with van der Waals surface area (Å²) < 4.78 is 0. The molecule has 0 radical (unpaired) electrons. The van der Waals surface area contributed by atoms with E-state index in [1.54, 1.807) is 0 Å². The van der Waals surface area contributed by atoms with Gasteiger partial charge in [0.25, 0.3) is 0 Å². The van der Waals surface area contributed by atoms with Gasteiger partial charge in [-0.05, 0) is 65.1 Å². The van der Waals surface area contributed by atoms with Crippen LogP contribution in [0, 0.1) is 5.92 Å². The molecule has 0 amide bonds. The molecule has 3 nitrogen and oxygen atoms in total. The highest BCUT2D eigenvalue weighted by molar-refractivity contribution is 4.80. The second kappa shape index (κ2) is 6.17. The molecule has 2 rings (SSSR count). The predicted octanol–water partition coefficient (Wildman–Crippen LogP) is 1.53. The summed E-state index contributed by atoms with van der Waals surface area (Å²) in [4.78, 5) is 5.21. The van der Waals surface area contributed by atoms with Crippen molar-refractivity contribution in [3.8, 4) is 0 Å². The van der Waals surface area contributed by atoms with Gasteiger partial charge in [-0.1, -0.05) is 0 Å². The maximum absolute atomic E-state index is 6.04. The molecule has 2 aliphatic heterocycles. The minimum atomic E-state index is 0.430. The molecule has 2 fully saturated rings. The van der Waals surface area contributed by atoms with E-state index in [4.69, 9.17) is 5.73 Å². The van der Waals surface area contributed by atoms with Gasteiger partial charge in [0.05, 0.1) is 0 Å². The molecular formula is C14H29N3. The first-order valence-corrected chi connectivity index (χ1v) is 7.37. The number of piperidine rings is 2. The van der Waals surface area contributed by atoms with Gasteiger partial charge in [0.15, 0.2) is 0 Å². The zero-order chi connectivity index (χ0) is 12.3. The van der Waals surface area contributed by atoms with Crippen LogP contribution >= 0.6 is 0 Å². The van der Waals surface area contributed by atoms with Gasteiger partial charge in [0.2, 0.25) is 0 Å². The van der Waals surface area contributed by atoms with E-state index < -0.39 is 0 Å². The smallest absolute Gasteiger partial charge is 0.0168 e. The molecular weight excluding hydrogens is 210 g/mol. The van der Waals surface area contributed by atoms with Crippen molar-refractivity contribution in [1.29, 1.82) is 0 Å². The molecule has 2 aliphatic rings. The summed E-state index contributed by atoms with van der Waals surface area (Å²) in [5, 5.41) is 0. The normalized spacial score (nSPS) is 30.0. The van der Waals surface area contributed by atoms with E-state index in [9.17, 15) is 0 Å². The molecule has 0 aromatic rings. The van der Waals surface area contributed by atoms with Crippen LogP contribution in [0.15, 0.2) is 0 Å². The molecule has 2 heterocycles. The minimum absolute atomic E-state index is 0.430. The Morgan fingerprint density at radius 2 is 1.82 bits per heavy atom. The van der Waals surface area contributed by atoms with Gasteiger partial charge < -0.3 is 15.5 Å². The second-order valence-electron chi connectivity index (χ2n) is 6.23. The lowest BCUT2D eigenvalue weighted by molar-refractivity contribution is 0.110. The Bertz CT molecular complexity index is 222. The number of hydrogen-bond donors (Lipinski definition) is 1. The van der Waals surface area contributed by atoms with Crippen molar-refractivity contribution in [2.75, 3.05) is 32.7 Å². The van der Waals surface area contributed by atoms with Gasteiger partial charge >= 0.3 is 0 Å². The zero-order valence-corrected chi connectivity index (χ0v) is 11.6. The summed E-state index contributed by atoms with van der Waals surface area (Å²) in [6.07, 6.45) is 5.28. The fourth-order valence-corrected chi connectivity index (χ4v) is 3.27. The molecule has 2 saturated heterocycles. The maximum atomic E-state index is 6.04. The first-order chi connectivity index (χ1) is 8.15. The van der Waals surface area contributed by atoms with Crippen LogP contribution < -0.4 is 5.73 Å². The van der Waals surface area contributed by atoms with E-state index >= 15 is 0 Å². The van der Waals surface area contributed by atoms with Crippen LogP contribution in [-0.4, -0.2) is 54.6 Å². The van der Waals surface area contributed by atoms with Crippen molar-refractivity contribution in [3.05, 3.63) is 0 Å². The Balaban J connectivity index is 1.70. The molecule has 0 aliphatic carbocycles. The third kappa shape index (κ3) is 3.94. The Labute approximate surface area is 106 Å². The zero-order valence-electron chi connectivity index (χ0n) is 11.6. The Hall–Kier alpha value is -0.120.